The Bertz CT molecular complexity index is 1050. The van der Waals surface area contributed by atoms with E-state index >= 15 is 0 Å². The van der Waals surface area contributed by atoms with Gasteiger partial charge in [0.1, 0.15) is 6.04 Å². The number of nitrogens with zero attached hydrogens (tertiary/aromatic N) is 2. The van der Waals surface area contributed by atoms with E-state index in [0.717, 1.165) is 16.7 Å². The smallest absolute Gasteiger partial charge is 0.242 e. The average molecular weight is 474 g/mol. The third kappa shape index (κ3) is 7.32. The van der Waals surface area contributed by atoms with Crippen LogP contribution in [0.2, 0.25) is 0 Å². The first kappa shape index (κ1) is 26.4. The Labute approximate surface area is 197 Å². The summed E-state index contributed by atoms with van der Waals surface area (Å²) in [7, 11) is -1.96. The van der Waals surface area contributed by atoms with Gasteiger partial charge in [-0.3, -0.25) is 13.9 Å². The third-order valence-corrected chi connectivity index (χ3v) is 7.07. The van der Waals surface area contributed by atoms with Crippen LogP contribution < -0.4 is 9.62 Å². The summed E-state index contributed by atoms with van der Waals surface area (Å²) >= 11 is 0. The van der Waals surface area contributed by atoms with Gasteiger partial charge in [-0.15, -0.1) is 0 Å². The van der Waals surface area contributed by atoms with Crippen molar-refractivity contribution in [3.8, 4) is 0 Å². The van der Waals surface area contributed by atoms with Crippen molar-refractivity contribution in [3.63, 3.8) is 0 Å². The van der Waals surface area contributed by atoms with Crippen molar-refractivity contribution < 1.29 is 18.0 Å². The lowest BCUT2D eigenvalue weighted by molar-refractivity contribution is -0.139. The molecule has 33 heavy (non-hydrogen) atoms. The standard InChI is InChI=1S/C25H35N3O4S/c1-19-11-9-14-23(20(19)2)28(33(5,31)32)17-10-15-24(29)27(21(3)25(30)26-4)18-16-22-12-7-6-8-13-22/h6-9,11-14,21H,10,15-18H2,1-5H3,(H,26,30)/t21-/m0/s1. The zero-order valence-electron chi connectivity index (χ0n) is 20.2. The second-order valence-electron chi connectivity index (χ2n) is 8.27. The molecule has 7 nitrogen and oxygen atoms in total. The molecule has 0 aliphatic heterocycles. The number of hydrogen-bond acceptors (Lipinski definition) is 4. The first-order chi connectivity index (χ1) is 15.6. The fourth-order valence-electron chi connectivity index (χ4n) is 3.77. The first-order valence-corrected chi connectivity index (χ1v) is 13.0. The van der Waals surface area contributed by atoms with Gasteiger partial charge in [0, 0.05) is 26.6 Å². The van der Waals surface area contributed by atoms with Gasteiger partial charge in [0.25, 0.3) is 0 Å². The van der Waals surface area contributed by atoms with E-state index < -0.39 is 16.1 Å². The molecule has 0 aromatic heterocycles. The highest BCUT2D eigenvalue weighted by molar-refractivity contribution is 7.92. The van der Waals surface area contributed by atoms with E-state index in [-0.39, 0.29) is 24.8 Å². The van der Waals surface area contributed by atoms with Gasteiger partial charge in [-0.25, -0.2) is 8.42 Å². The van der Waals surface area contributed by atoms with Gasteiger partial charge in [-0.05, 0) is 56.4 Å². The summed E-state index contributed by atoms with van der Waals surface area (Å²) in [6.45, 7) is 6.14. The summed E-state index contributed by atoms with van der Waals surface area (Å²) in [5.41, 5.74) is 3.61. The maximum Gasteiger partial charge on any atom is 0.242 e. The number of hydrogen-bond donors (Lipinski definition) is 1. The fraction of sp³-hybridized carbons (Fsp3) is 0.440. The molecule has 2 amide bonds. The van der Waals surface area contributed by atoms with Crippen molar-refractivity contribution in [1.82, 2.24) is 10.2 Å². The molecule has 0 radical (unpaired) electrons. The topological polar surface area (TPSA) is 86.8 Å². The van der Waals surface area contributed by atoms with Crippen LogP contribution in [0.4, 0.5) is 5.69 Å². The molecule has 8 heteroatoms. The van der Waals surface area contributed by atoms with Gasteiger partial charge in [0.2, 0.25) is 21.8 Å². The summed E-state index contributed by atoms with van der Waals surface area (Å²) in [5.74, 6) is -0.402. The van der Waals surface area contributed by atoms with Gasteiger partial charge in [-0.2, -0.15) is 0 Å². The zero-order chi connectivity index (χ0) is 24.6. The number of carbonyl (C=O) groups excluding carboxylic acids is 2. The van der Waals surface area contributed by atoms with Crippen molar-refractivity contribution in [2.24, 2.45) is 0 Å². The van der Waals surface area contributed by atoms with Crippen LogP contribution in [0, 0.1) is 13.8 Å². The highest BCUT2D eigenvalue weighted by Gasteiger charge is 2.26. The summed E-state index contributed by atoms with van der Waals surface area (Å²) in [6, 6.07) is 14.7. The number of sulfonamides is 1. The van der Waals surface area contributed by atoms with E-state index in [1.165, 1.54) is 10.6 Å². The van der Waals surface area contributed by atoms with Gasteiger partial charge >= 0.3 is 0 Å². The second-order valence-corrected chi connectivity index (χ2v) is 10.2. The zero-order valence-corrected chi connectivity index (χ0v) is 21.0. The van der Waals surface area contributed by atoms with E-state index in [4.69, 9.17) is 0 Å². The quantitative estimate of drug-likeness (QED) is 0.543. The molecule has 2 rings (SSSR count). The van der Waals surface area contributed by atoms with Gasteiger partial charge < -0.3 is 10.2 Å². The maximum atomic E-state index is 13.1. The minimum atomic E-state index is -3.51. The molecule has 1 N–H and O–H groups in total. The average Bonchev–Trinajstić information content (AvgIpc) is 2.78. The minimum Gasteiger partial charge on any atom is -0.357 e. The van der Waals surface area contributed by atoms with Crippen molar-refractivity contribution in [2.75, 3.05) is 30.7 Å². The van der Waals surface area contributed by atoms with Crippen LogP contribution in [0.5, 0.6) is 0 Å². The van der Waals surface area contributed by atoms with Crippen LogP contribution in [0.3, 0.4) is 0 Å². The predicted molar refractivity (Wildman–Crippen MR) is 133 cm³/mol. The van der Waals surface area contributed by atoms with Gasteiger partial charge in [0.15, 0.2) is 0 Å². The lowest BCUT2D eigenvalue weighted by atomic mass is 10.1. The monoisotopic (exact) mass is 473 g/mol. The van der Waals surface area contributed by atoms with E-state index in [1.54, 1.807) is 24.9 Å². The van der Waals surface area contributed by atoms with Crippen LogP contribution in [0.15, 0.2) is 48.5 Å². The van der Waals surface area contributed by atoms with E-state index in [2.05, 4.69) is 5.32 Å². The Balaban J connectivity index is 2.11. The van der Waals surface area contributed by atoms with Crippen molar-refractivity contribution in [3.05, 3.63) is 65.2 Å². The molecule has 1 atom stereocenters. The Hall–Kier alpha value is -2.87. The lowest BCUT2D eigenvalue weighted by Crippen LogP contribution is -2.48. The van der Waals surface area contributed by atoms with Crippen LogP contribution in [-0.4, -0.2) is 57.6 Å². The Morgan fingerprint density at radius 2 is 1.67 bits per heavy atom. The lowest BCUT2D eigenvalue weighted by Gasteiger charge is -2.29. The third-order valence-electron chi connectivity index (χ3n) is 5.89. The molecular formula is C25H35N3O4S. The normalized spacial score (nSPS) is 12.2. The number of carbonyl (C=O) groups is 2. The molecule has 180 valence electrons. The van der Waals surface area contributed by atoms with E-state index in [1.807, 2.05) is 56.3 Å². The highest BCUT2D eigenvalue weighted by atomic mass is 32.2. The minimum absolute atomic E-state index is 0.146. The molecule has 2 aromatic rings. The predicted octanol–water partition coefficient (Wildman–Crippen LogP) is 3.06. The summed E-state index contributed by atoms with van der Waals surface area (Å²) in [5, 5.41) is 2.61. The molecule has 0 heterocycles. The maximum absolute atomic E-state index is 13.1. The van der Waals surface area contributed by atoms with Crippen LogP contribution >= 0.6 is 0 Å². The van der Waals surface area contributed by atoms with Crippen molar-refractivity contribution in [1.29, 1.82) is 0 Å². The van der Waals surface area contributed by atoms with Crippen molar-refractivity contribution >= 4 is 27.5 Å². The Morgan fingerprint density at radius 1 is 1.00 bits per heavy atom. The Morgan fingerprint density at radius 3 is 2.27 bits per heavy atom. The molecule has 0 aliphatic carbocycles. The molecule has 0 unspecified atom stereocenters. The molecule has 0 fully saturated rings. The number of amides is 2. The summed E-state index contributed by atoms with van der Waals surface area (Å²) < 4.78 is 26.3. The van der Waals surface area contributed by atoms with Gasteiger partial charge in [0.05, 0.1) is 11.9 Å². The summed E-state index contributed by atoms with van der Waals surface area (Å²) in [6.07, 6.45) is 2.30. The number of rotatable bonds is 11. The van der Waals surface area contributed by atoms with E-state index in [0.29, 0.717) is 25.1 Å². The van der Waals surface area contributed by atoms with Gasteiger partial charge in [-0.1, -0.05) is 42.5 Å². The van der Waals surface area contributed by atoms with Crippen LogP contribution in [-0.2, 0) is 26.0 Å². The molecule has 0 spiro atoms. The number of likely N-dealkylation sites (N-methyl/N-ethyl adjacent to an activating group) is 1. The van der Waals surface area contributed by atoms with Crippen LogP contribution in [0.1, 0.15) is 36.5 Å². The molecule has 0 bridgehead atoms. The second kappa shape index (κ2) is 11.8. The molecule has 2 aromatic carbocycles. The largest absolute Gasteiger partial charge is 0.357 e. The SMILES string of the molecule is CNC(=O)[C@H](C)N(CCc1ccccc1)C(=O)CCCN(c1cccc(C)c1C)S(C)(=O)=O. The number of aryl methyl sites for hydroxylation is 1. The molecule has 0 saturated carbocycles. The Kier molecular flexibility index (Phi) is 9.46. The number of benzene rings is 2. The van der Waals surface area contributed by atoms with Crippen LogP contribution in [0.25, 0.3) is 0 Å². The first-order valence-electron chi connectivity index (χ1n) is 11.1. The van der Waals surface area contributed by atoms with E-state index in [9.17, 15) is 18.0 Å². The number of anilines is 1. The number of nitrogens with one attached hydrogen (secondary N) is 1. The molecule has 0 saturated heterocycles. The molecular weight excluding hydrogens is 438 g/mol. The summed E-state index contributed by atoms with van der Waals surface area (Å²) in [4.78, 5) is 26.9. The molecule has 0 aliphatic rings. The highest BCUT2D eigenvalue weighted by Crippen LogP contribution is 2.25. The fourth-order valence-corrected chi connectivity index (χ4v) is 4.78. The van der Waals surface area contributed by atoms with Crippen molar-refractivity contribution in [2.45, 2.75) is 46.1 Å².